The fraction of sp³-hybridized carbons (Fsp3) is 0.579. The summed E-state index contributed by atoms with van der Waals surface area (Å²) in [7, 11) is 0. The van der Waals surface area contributed by atoms with Gasteiger partial charge in [0.15, 0.2) is 5.96 Å². The highest BCUT2D eigenvalue weighted by molar-refractivity contribution is 14.0. The molecular weight excluding hydrogens is 463 g/mol. The van der Waals surface area contributed by atoms with Crippen molar-refractivity contribution in [1.29, 1.82) is 0 Å². The van der Waals surface area contributed by atoms with Gasteiger partial charge in [-0.1, -0.05) is 23.7 Å². The molecular formula is C19H30ClIN4O. The van der Waals surface area contributed by atoms with Crippen LogP contribution in [-0.4, -0.2) is 42.4 Å². The molecule has 1 aromatic rings. The second-order valence-corrected chi connectivity index (χ2v) is 6.87. The van der Waals surface area contributed by atoms with Gasteiger partial charge in [-0.25, -0.2) is 4.99 Å². The largest absolute Gasteiger partial charge is 0.357 e. The van der Waals surface area contributed by atoms with E-state index < -0.39 is 0 Å². The third-order valence-corrected chi connectivity index (χ3v) is 4.64. The molecule has 1 aromatic carbocycles. The lowest BCUT2D eigenvalue weighted by atomic mass is 10.0. The van der Waals surface area contributed by atoms with E-state index in [1.165, 1.54) is 6.42 Å². The van der Waals surface area contributed by atoms with Crippen molar-refractivity contribution in [3.05, 3.63) is 34.9 Å². The Morgan fingerprint density at radius 2 is 2.15 bits per heavy atom. The van der Waals surface area contributed by atoms with Crippen LogP contribution in [0.3, 0.4) is 0 Å². The highest BCUT2D eigenvalue weighted by Crippen LogP contribution is 2.17. The molecule has 146 valence electrons. The first kappa shape index (κ1) is 23.0. The molecule has 1 aliphatic heterocycles. The number of guanidine groups is 1. The molecule has 2 N–H and O–H groups in total. The van der Waals surface area contributed by atoms with Gasteiger partial charge in [0.05, 0.1) is 6.54 Å². The summed E-state index contributed by atoms with van der Waals surface area (Å²) in [6, 6.07) is 8.05. The van der Waals surface area contributed by atoms with Crippen molar-refractivity contribution in [3.8, 4) is 0 Å². The van der Waals surface area contributed by atoms with Crippen LogP contribution in [-0.2, 0) is 11.3 Å². The fourth-order valence-corrected chi connectivity index (χ4v) is 3.26. The number of carbonyl (C=O) groups excluding carboxylic acids is 1. The van der Waals surface area contributed by atoms with Gasteiger partial charge in [0, 0.05) is 37.1 Å². The number of carbonyl (C=O) groups is 1. The Labute approximate surface area is 179 Å². The number of aliphatic imine (C=N–C) groups is 1. The van der Waals surface area contributed by atoms with Gasteiger partial charge in [-0.05, 0) is 50.8 Å². The van der Waals surface area contributed by atoms with Gasteiger partial charge in [-0.3, -0.25) is 4.79 Å². The molecule has 1 aliphatic rings. The van der Waals surface area contributed by atoms with Gasteiger partial charge >= 0.3 is 0 Å². The Morgan fingerprint density at radius 1 is 1.35 bits per heavy atom. The zero-order chi connectivity index (χ0) is 18.1. The summed E-state index contributed by atoms with van der Waals surface area (Å²) in [5.41, 5.74) is 1.06. The van der Waals surface area contributed by atoms with Crippen molar-refractivity contribution in [2.45, 2.75) is 52.1 Å². The number of halogens is 2. The zero-order valence-corrected chi connectivity index (χ0v) is 18.7. The third kappa shape index (κ3) is 7.70. The lowest BCUT2D eigenvalue weighted by Crippen LogP contribution is -2.44. The molecule has 1 saturated heterocycles. The molecule has 1 atom stereocenters. The summed E-state index contributed by atoms with van der Waals surface area (Å²) in [4.78, 5) is 19.0. The van der Waals surface area contributed by atoms with Crippen LogP contribution in [0.25, 0.3) is 0 Å². The number of rotatable bonds is 6. The number of nitrogens with one attached hydrogen (secondary N) is 2. The van der Waals surface area contributed by atoms with E-state index in [9.17, 15) is 4.79 Å². The molecule has 0 radical (unpaired) electrons. The predicted molar refractivity (Wildman–Crippen MR) is 119 cm³/mol. The Bertz CT molecular complexity index is 597. The van der Waals surface area contributed by atoms with E-state index in [0.29, 0.717) is 30.6 Å². The first-order chi connectivity index (χ1) is 12.1. The van der Waals surface area contributed by atoms with Crippen molar-refractivity contribution in [1.82, 2.24) is 15.5 Å². The Morgan fingerprint density at radius 3 is 2.85 bits per heavy atom. The molecule has 1 unspecified atom stereocenters. The molecule has 1 fully saturated rings. The van der Waals surface area contributed by atoms with E-state index in [1.54, 1.807) is 0 Å². The number of amides is 1. The number of likely N-dealkylation sites (tertiary alicyclic amines) is 1. The minimum absolute atomic E-state index is 0. The highest BCUT2D eigenvalue weighted by atomic mass is 127. The van der Waals surface area contributed by atoms with Gasteiger partial charge in [0.25, 0.3) is 0 Å². The summed E-state index contributed by atoms with van der Waals surface area (Å²) in [5, 5.41) is 7.17. The lowest BCUT2D eigenvalue weighted by molar-refractivity contribution is -0.134. The van der Waals surface area contributed by atoms with Crippen LogP contribution in [0.15, 0.2) is 29.3 Å². The maximum Gasteiger partial charge on any atom is 0.224 e. The first-order valence-electron chi connectivity index (χ1n) is 9.16. The Kier molecular flexibility index (Phi) is 11.0. The first-order valence-corrected chi connectivity index (χ1v) is 9.54. The average molecular weight is 493 g/mol. The van der Waals surface area contributed by atoms with E-state index in [-0.39, 0.29) is 29.9 Å². The van der Waals surface area contributed by atoms with Crippen molar-refractivity contribution < 1.29 is 4.79 Å². The lowest BCUT2D eigenvalue weighted by Gasteiger charge is -2.33. The zero-order valence-electron chi connectivity index (χ0n) is 15.6. The Hall–Kier alpha value is -1.02. The summed E-state index contributed by atoms with van der Waals surface area (Å²) in [5.74, 6) is 0.951. The third-order valence-electron chi connectivity index (χ3n) is 4.41. The smallest absolute Gasteiger partial charge is 0.224 e. The summed E-state index contributed by atoms with van der Waals surface area (Å²) in [6.07, 6.45) is 3.95. The standard InChI is InChI=1S/C19H29ClN4O.HI/c1-3-21-19(23-14-16-8-6-9-17(20)13-16)22-11-10-18(25)24-12-5-4-7-15(24)2;/h6,8-9,13,15H,3-5,7,10-12,14H2,1-2H3,(H2,21,22,23);1H. The SMILES string of the molecule is CCNC(=NCc1cccc(Cl)c1)NCCC(=O)N1CCCCC1C.I. The summed E-state index contributed by atoms with van der Waals surface area (Å²) < 4.78 is 0. The van der Waals surface area contributed by atoms with Crippen LogP contribution in [0.1, 0.15) is 45.1 Å². The van der Waals surface area contributed by atoms with E-state index in [0.717, 1.165) is 37.5 Å². The monoisotopic (exact) mass is 492 g/mol. The average Bonchev–Trinajstić information content (AvgIpc) is 2.60. The fourth-order valence-electron chi connectivity index (χ4n) is 3.05. The van der Waals surface area contributed by atoms with Crippen LogP contribution < -0.4 is 10.6 Å². The maximum atomic E-state index is 12.4. The molecule has 1 amide bonds. The van der Waals surface area contributed by atoms with Crippen molar-refractivity contribution in [2.24, 2.45) is 4.99 Å². The van der Waals surface area contributed by atoms with E-state index in [2.05, 4.69) is 22.5 Å². The van der Waals surface area contributed by atoms with E-state index in [4.69, 9.17) is 11.6 Å². The molecule has 1 heterocycles. The maximum absolute atomic E-state index is 12.4. The van der Waals surface area contributed by atoms with Crippen molar-refractivity contribution in [2.75, 3.05) is 19.6 Å². The van der Waals surface area contributed by atoms with E-state index >= 15 is 0 Å². The van der Waals surface area contributed by atoms with Crippen LogP contribution in [0, 0.1) is 0 Å². The number of benzene rings is 1. The summed E-state index contributed by atoms with van der Waals surface area (Å²) in [6.45, 7) is 6.97. The van der Waals surface area contributed by atoms with Crippen molar-refractivity contribution >= 4 is 47.4 Å². The summed E-state index contributed by atoms with van der Waals surface area (Å²) >= 11 is 6.00. The predicted octanol–water partition coefficient (Wildman–Crippen LogP) is 3.80. The topological polar surface area (TPSA) is 56.7 Å². The number of piperidine rings is 1. The van der Waals surface area contributed by atoms with Gasteiger partial charge in [0.2, 0.25) is 5.91 Å². The normalized spacial score (nSPS) is 17.4. The second-order valence-electron chi connectivity index (χ2n) is 6.43. The van der Waals surface area contributed by atoms with Crippen LogP contribution >= 0.6 is 35.6 Å². The number of hydrogen-bond donors (Lipinski definition) is 2. The molecule has 0 saturated carbocycles. The molecule has 0 bridgehead atoms. The van der Waals surface area contributed by atoms with E-state index in [1.807, 2.05) is 36.1 Å². The molecule has 5 nitrogen and oxygen atoms in total. The second kappa shape index (κ2) is 12.4. The van der Waals surface area contributed by atoms with Gasteiger partial charge in [-0.15, -0.1) is 24.0 Å². The van der Waals surface area contributed by atoms with Crippen LogP contribution in [0.5, 0.6) is 0 Å². The molecule has 0 aromatic heterocycles. The molecule has 0 aliphatic carbocycles. The quantitative estimate of drug-likeness (QED) is 0.361. The number of hydrogen-bond acceptors (Lipinski definition) is 2. The molecule has 2 rings (SSSR count). The van der Waals surface area contributed by atoms with Gasteiger partial charge in [-0.2, -0.15) is 0 Å². The molecule has 0 spiro atoms. The minimum atomic E-state index is 0. The van der Waals surface area contributed by atoms with Crippen LogP contribution in [0.4, 0.5) is 0 Å². The molecule has 26 heavy (non-hydrogen) atoms. The van der Waals surface area contributed by atoms with Crippen LogP contribution in [0.2, 0.25) is 5.02 Å². The van der Waals surface area contributed by atoms with Gasteiger partial charge in [0.1, 0.15) is 0 Å². The van der Waals surface area contributed by atoms with Gasteiger partial charge < -0.3 is 15.5 Å². The van der Waals surface area contributed by atoms with Crippen molar-refractivity contribution in [3.63, 3.8) is 0 Å². The minimum Gasteiger partial charge on any atom is -0.357 e. The Balaban J connectivity index is 0.00000338. The molecule has 7 heteroatoms. The highest BCUT2D eigenvalue weighted by Gasteiger charge is 2.22. The number of nitrogens with zero attached hydrogens (tertiary/aromatic N) is 2.